The minimum absolute atomic E-state index is 0.0228. The van der Waals surface area contributed by atoms with Gasteiger partial charge in [-0.3, -0.25) is 0 Å². The van der Waals surface area contributed by atoms with Crippen LogP contribution in [0.3, 0.4) is 0 Å². The molecule has 1 aliphatic rings. The smallest absolute Gasteiger partial charge is 0.0965 e. The minimum Gasteiger partial charge on any atom is -0.304 e. The molecule has 1 N–H and O–H groups in total. The SMILES string of the molecule is CCNC(C#N)CCN1CCN(C)CC1. The Balaban J connectivity index is 2.16. The number of hydrogen-bond donors (Lipinski definition) is 1. The van der Waals surface area contributed by atoms with Crippen molar-refractivity contribution < 1.29 is 0 Å². The van der Waals surface area contributed by atoms with Crippen LogP contribution in [-0.2, 0) is 0 Å². The Bertz CT molecular complexity index is 203. The number of nitrogens with one attached hydrogen (secondary N) is 1. The normalized spacial score (nSPS) is 21.1. The van der Waals surface area contributed by atoms with Gasteiger partial charge in [-0.1, -0.05) is 6.92 Å². The second-order valence-corrected chi connectivity index (χ2v) is 4.17. The van der Waals surface area contributed by atoms with Gasteiger partial charge in [0.2, 0.25) is 0 Å². The van der Waals surface area contributed by atoms with Crippen molar-refractivity contribution in [1.29, 1.82) is 5.26 Å². The lowest BCUT2D eigenvalue weighted by atomic mass is 10.2. The predicted molar refractivity (Wildman–Crippen MR) is 61.6 cm³/mol. The van der Waals surface area contributed by atoms with Crippen molar-refractivity contribution in [2.24, 2.45) is 0 Å². The molecule has 4 heteroatoms. The number of likely N-dealkylation sites (N-methyl/N-ethyl adjacent to an activating group) is 1. The molecular formula is C11H22N4. The predicted octanol–water partition coefficient (Wildman–Crippen LogP) is 0.126. The lowest BCUT2D eigenvalue weighted by molar-refractivity contribution is 0.151. The van der Waals surface area contributed by atoms with Crippen LogP contribution in [0.5, 0.6) is 0 Å². The Morgan fingerprint density at radius 1 is 1.33 bits per heavy atom. The molecule has 1 atom stereocenters. The minimum atomic E-state index is 0.0228. The lowest BCUT2D eigenvalue weighted by Crippen LogP contribution is -2.45. The largest absolute Gasteiger partial charge is 0.304 e. The Morgan fingerprint density at radius 3 is 2.53 bits per heavy atom. The summed E-state index contributed by atoms with van der Waals surface area (Å²) in [6.07, 6.45) is 0.939. The number of piperazine rings is 1. The van der Waals surface area contributed by atoms with Gasteiger partial charge in [0.15, 0.2) is 0 Å². The topological polar surface area (TPSA) is 42.3 Å². The van der Waals surface area contributed by atoms with Crippen LogP contribution in [0, 0.1) is 11.3 Å². The van der Waals surface area contributed by atoms with Crippen LogP contribution in [-0.4, -0.2) is 62.2 Å². The van der Waals surface area contributed by atoms with E-state index in [1.807, 2.05) is 6.92 Å². The van der Waals surface area contributed by atoms with Gasteiger partial charge in [0.1, 0.15) is 0 Å². The molecule has 15 heavy (non-hydrogen) atoms. The summed E-state index contributed by atoms with van der Waals surface area (Å²) in [4.78, 5) is 4.80. The van der Waals surface area contributed by atoms with Crippen LogP contribution in [0.25, 0.3) is 0 Å². The molecule has 0 spiro atoms. The van der Waals surface area contributed by atoms with Crippen LogP contribution < -0.4 is 5.32 Å². The molecule has 0 amide bonds. The average Bonchev–Trinajstić information content (AvgIpc) is 2.26. The van der Waals surface area contributed by atoms with Crippen LogP contribution in [0.1, 0.15) is 13.3 Å². The fraction of sp³-hybridized carbons (Fsp3) is 0.909. The van der Waals surface area contributed by atoms with Crippen LogP contribution in [0.2, 0.25) is 0 Å². The third-order valence-electron chi connectivity index (χ3n) is 2.94. The Kier molecular flexibility index (Phi) is 5.62. The summed E-state index contributed by atoms with van der Waals surface area (Å²) >= 11 is 0. The van der Waals surface area contributed by atoms with Gasteiger partial charge in [-0.2, -0.15) is 5.26 Å². The molecule has 0 bridgehead atoms. The van der Waals surface area contributed by atoms with E-state index in [-0.39, 0.29) is 6.04 Å². The third kappa shape index (κ3) is 4.61. The van der Waals surface area contributed by atoms with E-state index in [2.05, 4.69) is 28.2 Å². The van der Waals surface area contributed by atoms with E-state index in [0.717, 1.165) is 45.7 Å². The molecule has 1 rings (SSSR count). The molecule has 1 unspecified atom stereocenters. The molecule has 0 saturated carbocycles. The zero-order valence-electron chi connectivity index (χ0n) is 9.87. The van der Waals surface area contributed by atoms with Gasteiger partial charge < -0.3 is 15.1 Å². The fourth-order valence-corrected chi connectivity index (χ4v) is 1.84. The second-order valence-electron chi connectivity index (χ2n) is 4.17. The number of hydrogen-bond acceptors (Lipinski definition) is 4. The van der Waals surface area contributed by atoms with Crippen molar-refractivity contribution in [3.05, 3.63) is 0 Å². The van der Waals surface area contributed by atoms with E-state index >= 15 is 0 Å². The Labute approximate surface area is 92.8 Å². The third-order valence-corrected chi connectivity index (χ3v) is 2.94. The standard InChI is InChI=1S/C11H22N4/c1-3-13-11(10-12)4-5-15-8-6-14(2)7-9-15/h11,13H,3-9H2,1-2H3. The first kappa shape index (κ1) is 12.4. The van der Waals surface area contributed by atoms with Gasteiger partial charge in [0.05, 0.1) is 12.1 Å². The second kappa shape index (κ2) is 6.78. The summed E-state index contributed by atoms with van der Waals surface area (Å²) in [5.41, 5.74) is 0. The monoisotopic (exact) mass is 210 g/mol. The maximum atomic E-state index is 8.89. The zero-order valence-corrected chi connectivity index (χ0v) is 9.87. The highest BCUT2D eigenvalue weighted by molar-refractivity contribution is 4.90. The van der Waals surface area contributed by atoms with E-state index in [9.17, 15) is 0 Å². The zero-order chi connectivity index (χ0) is 11.1. The first-order chi connectivity index (χ1) is 7.26. The van der Waals surface area contributed by atoms with E-state index in [1.54, 1.807) is 0 Å². The van der Waals surface area contributed by atoms with E-state index in [4.69, 9.17) is 5.26 Å². The molecule has 0 radical (unpaired) electrons. The number of nitrogens with zero attached hydrogens (tertiary/aromatic N) is 3. The van der Waals surface area contributed by atoms with Gasteiger partial charge in [-0.25, -0.2) is 0 Å². The molecule has 1 heterocycles. The van der Waals surface area contributed by atoms with Gasteiger partial charge in [-0.05, 0) is 20.0 Å². The quantitative estimate of drug-likeness (QED) is 0.700. The molecule has 0 aromatic rings. The first-order valence-corrected chi connectivity index (χ1v) is 5.80. The summed E-state index contributed by atoms with van der Waals surface area (Å²) in [7, 11) is 2.16. The van der Waals surface area contributed by atoms with Gasteiger partial charge >= 0.3 is 0 Å². The van der Waals surface area contributed by atoms with Crippen molar-refractivity contribution in [2.75, 3.05) is 46.3 Å². The summed E-state index contributed by atoms with van der Waals surface area (Å²) in [6.45, 7) is 8.54. The highest BCUT2D eigenvalue weighted by Crippen LogP contribution is 2.01. The summed E-state index contributed by atoms with van der Waals surface area (Å²) in [5.74, 6) is 0. The first-order valence-electron chi connectivity index (χ1n) is 5.80. The number of nitriles is 1. The van der Waals surface area contributed by atoms with E-state index < -0.39 is 0 Å². The van der Waals surface area contributed by atoms with Crippen molar-refractivity contribution in [2.45, 2.75) is 19.4 Å². The molecule has 0 aromatic carbocycles. The molecule has 1 saturated heterocycles. The Morgan fingerprint density at radius 2 is 2.00 bits per heavy atom. The highest BCUT2D eigenvalue weighted by Gasteiger charge is 2.14. The van der Waals surface area contributed by atoms with Crippen molar-refractivity contribution >= 4 is 0 Å². The molecule has 0 aromatic heterocycles. The van der Waals surface area contributed by atoms with Crippen molar-refractivity contribution in [3.8, 4) is 6.07 Å². The molecule has 0 aliphatic carbocycles. The summed E-state index contributed by atoms with van der Waals surface area (Å²) in [6, 6.07) is 2.33. The maximum absolute atomic E-state index is 8.89. The van der Waals surface area contributed by atoms with Crippen LogP contribution >= 0.6 is 0 Å². The van der Waals surface area contributed by atoms with Gasteiger partial charge in [-0.15, -0.1) is 0 Å². The summed E-state index contributed by atoms with van der Waals surface area (Å²) in [5, 5.41) is 12.1. The summed E-state index contributed by atoms with van der Waals surface area (Å²) < 4.78 is 0. The number of rotatable bonds is 5. The van der Waals surface area contributed by atoms with E-state index in [1.165, 1.54) is 0 Å². The van der Waals surface area contributed by atoms with Gasteiger partial charge in [0.25, 0.3) is 0 Å². The van der Waals surface area contributed by atoms with E-state index in [0.29, 0.717) is 0 Å². The van der Waals surface area contributed by atoms with Crippen LogP contribution in [0.4, 0.5) is 0 Å². The molecular weight excluding hydrogens is 188 g/mol. The highest BCUT2D eigenvalue weighted by atomic mass is 15.2. The Hall–Kier alpha value is -0.630. The molecule has 4 nitrogen and oxygen atoms in total. The molecule has 1 fully saturated rings. The molecule has 1 aliphatic heterocycles. The lowest BCUT2D eigenvalue weighted by Gasteiger charge is -2.32. The van der Waals surface area contributed by atoms with Crippen molar-refractivity contribution in [3.63, 3.8) is 0 Å². The average molecular weight is 210 g/mol. The van der Waals surface area contributed by atoms with Gasteiger partial charge in [0, 0.05) is 32.7 Å². The maximum Gasteiger partial charge on any atom is 0.0965 e. The molecule has 86 valence electrons. The van der Waals surface area contributed by atoms with Crippen molar-refractivity contribution in [1.82, 2.24) is 15.1 Å². The fourth-order valence-electron chi connectivity index (χ4n) is 1.84. The van der Waals surface area contributed by atoms with Crippen LogP contribution in [0.15, 0.2) is 0 Å².